The van der Waals surface area contributed by atoms with Crippen molar-refractivity contribution in [2.24, 2.45) is 0 Å². The Hall–Kier alpha value is -1.18. The maximum absolute atomic E-state index is 12.9. The van der Waals surface area contributed by atoms with Gasteiger partial charge in [0.25, 0.3) is 6.43 Å². The second kappa shape index (κ2) is 7.60. The van der Waals surface area contributed by atoms with Crippen LogP contribution in [0.3, 0.4) is 0 Å². The van der Waals surface area contributed by atoms with E-state index in [0.717, 1.165) is 17.2 Å². The predicted octanol–water partition coefficient (Wildman–Crippen LogP) is 4.92. The van der Waals surface area contributed by atoms with Gasteiger partial charge in [-0.05, 0) is 44.8 Å². The quantitative estimate of drug-likeness (QED) is 0.692. The van der Waals surface area contributed by atoms with Crippen LogP contribution in [-0.4, -0.2) is 29.2 Å². The molecule has 1 saturated heterocycles. The molecule has 0 unspecified atom stereocenters. The summed E-state index contributed by atoms with van der Waals surface area (Å²) in [4.78, 5) is 11.4. The number of hydrogen-bond donors (Lipinski definition) is 0. The van der Waals surface area contributed by atoms with Crippen molar-refractivity contribution in [1.82, 2.24) is 0 Å². The van der Waals surface area contributed by atoms with Gasteiger partial charge in [0, 0.05) is 18.2 Å². The fraction of sp³-hybridized carbons (Fsp3) is 0.500. The van der Waals surface area contributed by atoms with Crippen molar-refractivity contribution in [3.05, 3.63) is 40.9 Å². The molecule has 1 aliphatic heterocycles. The van der Waals surface area contributed by atoms with Gasteiger partial charge in [-0.15, -0.1) is 0 Å². The zero-order valence-electron chi connectivity index (χ0n) is 15.1. The van der Waals surface area contributed by atoms with E-state index in [0.29, 0.717) is 11.3 Å². The van der Waals surface area contributed by atoms with Gasteiger partial charge < -0.3 is 9.31 Å². The third-order valence-electron chi connectivity index (χ3n) is 4.51. The van der Waals surface area contributed by atoms with E-state index in [2.05, 4.69) is 0 Å². The number of rotatable bonds is 5. The van der Waals surface area contributed by atoms with E-state index in [4.69, 9.17) is 9.31 Å². The Labute approximate surface area is 152 Å². The summed E-state index contributed by atoms with van der Waals surface area (Å²) in [7, 11) is -0.618. The molecule has 0 aromatic heterocycles. The molecule has 0 atom stereocenters. The molecule has 7 heteroatoms. The summed E-state index contributed by atoms with van der Waals surface area (Å²) >= 11 is 1.14. The summed E-state index contributed by atoms with van der Waals surface area (Å²) in [5.74, 6) is 0.380. The van der Waals surface area contributed by atoms with Crippen molar-refractivity contribution in [3.8, 4) is 0 Å². The normalized spacial score (nSPS) is 19.5. The Kier molecular flexibility index (Phi) is 6.12. The summed E-state index contributed by atoms with van der Waals surface area (Å²) in [5.41, 5.74) is 0.309. The van der Waals surface area contributed by atoms with Crippen LogP contribution in [0.5, 0.6) is 0 Å². The topological polar surface area (TPSA) is 35.5 Å². The molecular weight excluding hydrogens is 345 g/mol. The Bertz CT molecular complexity index is 658. The number of hydrogen-bond acceptors (Lipinski definition) is 4. The first-order valence-corrected chi connectivity index (χ1v) is 9.08. The molecule has 1 fully saturated rings. The van der Waals surface area contributed by atoms with E-state index in [-0.39, 0.29) is 10.7 Å². The molecule has 0 N–H and O–H groups in total. The highest BCUT2D eigenvalue weighted by Gasteiger charge is 2.52. The van der Waals surface area contributed by atoms with Gasteiger partial charge in [0.05, 0.1) is 11.2 Å². The highest BCUT2D eigenvalue weighted by atomic mass is 32.2. The Morgan fingerprint density at radius 2 is 1.84 bits per heavy atom. The molecule has 0 spiro atoms. The lowest BCUT2D eigenvalue weighted by Crippen LogP contribution is -2.41. The van der Waals surface area contributed by atoms with Crippen molar-refractivity contribution in [2.75, 3.05) is 5.75 Å². The second-order valence-electron chi connectivity index (χ2n) is 7.06. The zero-order valence-corrected chi connectivity index (χ0v) is 16.0. The van der Waals surface area contributed by atoms with Crippen molar-refractivity contribution in [3.63, 3.8) is 0 Å². The standard InChI is InChI=1S/C18H23BF2O3S/c1-12(22)25-11-15(19-23-17(2,3)18(4,5)24-19)10-13-7-6-8-14(9-13)16(20)21/h6-10,16H,11H2,1-5H3. The van der Waals surface area contributed by atoms with E-state index in [1.165, 1.54) is 19.1 Å². The number of thioether (sulfide) groups is 1. The van der Waals surface area contributed by atoms with Gasteiger partial charge in [0.2, 0.25) is 0 Å². The van der Waals surface area contributed by atoms with Crippen LogP contribution in [0.2, 0.25) is 0 Å². The first-order chi connectivity index (χ1) is 11.5. The Morgan fingerprint density at radius 1 is 1.24 bits per heavy atom. The van der Waals surface area contributed by atoms with Crippen molar-refractivity contribution >= 4 is 30.1 Å². The smallest absolute Gasteiger partial charge is 0.400 e. The lowest BCUT2D eigenvalue weighted by molar-refractivity contribution is -0.109. The number of alkyl halides is 2. The predicted molar refractivity (Wildman–Crippen MR) is 98.6 cm³/mol. The first kappa shape index (κ1) is 20.1. The summed E-state index contributed by atoms with van der Waals surface area (Å²) in [5, 5.41) is -0.0243. The largest absolute Gasteiger partial charge is 0.491 e. The number of halogens is 2. The molecule has 2 rings (SSSR count). The Morgan fingerprint density at radius 3 is 2.36 bits per heavy atom. The Balaban J connectivity index is 2.33. The number of carbonyl (C=O) groups is 1. The third kappa shape index (κ3) is 4.93. The lowest BCUT2D eigenvalue weighted by atomic mass is 9.78. The molecule has 0 saturated carbocycles. The van der Waals surface area contributed by atoms with E-state index >= 15 is 0 Å². The van der Waals surface area contributed by atoms with Crippen LogP contribution in [0.4, 0.5) is 8.78 Å². The summed E-state index contributed by atoms with van der Waals surface area (Å²) in [6, 6.07) is 6.16. The van der Waals surface area contributed by atoms with Crippen LogP contribution < -0.4 is 0 Å². The van der Waals surface area contributed by atoms with E-state index < -0.39 is 24.7 Å². The van der Waals surface area contributed by atoms with E-state index in [9.17, 15) is 13.6 Å². The van der Waals surface area contributed by atoms with Crippen LogP contribution in [0, 0.1) is 0 Å². The summed E-state index contributed by atoms with van der Waals surface area (Å²) in [6.45, 7) is 9.27. The van der Waals surface area contributed by atoms with Crippen LogP contribution >= 0.6 is 11.8 Å². The van der Waals surface area contributed by atoms with Gasteiger partial charge in [0.1, 0.15) is 0 Å². The fourth-order valence-electron chi connectivity index (χ4n) is 2.36. The van der Waals surface area contributed by atoms with Crippen LogP contribution in [0.15, 0.2) is 29.7 Å². The highest BCUT2D eigenvalue weighted by molar-refractivity contribution is 8.13. The van der Waals surface area contributed by atoms with Crippen LogP contribution in [0.1, 0.15) is 52.2 Å². The van der Waals surface area contributed by atoms with Crippen molar-refractivity contribution in [2.45, 2.75) is 52.2 Å². The molecule has 3 nitrogen and oxygen atoms in total. The van der Waals surface area contributed by atoms with E-state index in [1.54, 1.807) is 18.2 Å². The molecular formula is C18H23BF2O3S. The molecule has 0 bridgehead atoms. The van der Waals surface area contributed by atoms with Gasteiger partial charge in [-0.2, -0.15) is 0 Å². The van der Waals surface area contributed by atoms with Crippen LogP contribution in [-0.2, 0) is 14.1 Å². The van der Waals surface area contributed by atoms with Gasteiger partial charge in [-0.3, -0.25) is 4.79 Å². The SMILES string of the molecule is CC(=O)SCC(=Cc1cccc(C(F)F)c1)B1OC(C)(C)C(C)(C)O1. The maximum Gasteiger partial charge on any atom is 0.491 e. The second-order valence-corrected chi connectivity index (χ2v) is 8.21. The number of carbonyl (C=O) groups excluding carboxylic acids is 1. The molecule has 0 radical (unpaired) electrons. The van der Waals surface area contributed by atoms with Gasteiger partial charge in [-0.1, -0.05) is 36.0 Å². The molecule has 25 heavy (non-hydrogen) atoms. The average molecular weight is 368 g/mol. The lowest BCUT2D eigenvalue weighted by Gasteiger charge is -2.32. The monoisotopic (exact) mass is 368 g/mol. The number of benzene rings is 1. The molecule has 0 aliphatic carbocycles. The third-order valence-corrected chi connectivity index (χ3v) is 5.40. The summed E-state index contributed by atoms with van der Waals surface area (Å²) < 4.78 is 37.9. The molecule has 1 aromatic rings. The van der Waals surface area contributed by atoms with Crippen molar-refractivity contribution in [1.29, 1.82) is 0 Å². The minimum absolute atomic E-state index is 0.0243. The molecule has 136 valence electrons. The highest BCUT2D eigenvalue weighted by Crippen LogP contribution is 2.39. The summed E-state index contributed by atoms with van der Waals surface area (Å²) in [6.07, 6.45) is -0.760. The first-order valence-electron chi connectivity index (χ1n) is 8.09. The molecule has 1 heterocycles. The molecule has 1 aromatic carbocycles. The average Bonchev–Trinajstić information content (AvgIpc) is 2.71. The molecule has 0 amide bonds. The minimum atomic E-state index is -2.53. The minimum Gasteiger partial charge on any atom is -0.400 e. The maximum atomic E-state index is 12.9. The van der Waals surface area contributed by atoms with Gasteiger partial charge in [0.15, 0.2) is 5.12 Å². The van der Waals surface area contributed by atoms with Gasteiger partial charge in [-0.25, -0.2) is 8.78 Å². The zero-order chi connectivity index (χ0) is 18.8. The van der Waals surface area contributed by atoms with Gasteiger partial charge >= 0.3 is 7.12 Å². The van der Waals surface area contributed by atoms with E-state index in [1.807, 2.05) is 27.7 Å². The van der Waals surface area contributed by atoms with Crippen LogP contribution in [0.25, 0.3) is 6.08 Å². The molecule has 1 aliphatic rings. The fourth-order valence-corrected chi connectivity index (χ4v) is 2.95. The van der Waals surface area contributed by atoms with Crippen molar-refractivity contribution < 1.29 is 22.9 Å².